The van der Waals surface area contributed by atoms with Gasteiger partial charge in [-0.15, -0.1) is 0 Å². The second kappa shape index (κ2) is 3.67. The Hall–Kier alpha value is -0.770. The topological polar surface area (TPSA) is 64.3 Å². The highest BCUT2D eigenvalue weighted by atomic mass is 16.6. The monoisotopic (exact) mass is 214 g/mol. The van der Waals surface area contributed by atoms with E-state index in [4.69, 9.17) is 10.5 Å². The molecule has 1 amide bonds. The van der Waals surface area contributed by atoms with Crippen molar-refractivity contribution in [2.24, 2.45) is 11.1 Å². The predicted molar refractivity (Wildman–Crippen MR) is 59.5 cm³/mol. The van der Waals surface area contributed by atoms with Gasteiger partial charge in [0.2, 0.25) is 0 Å². The van der Waals surface area contributed by atoms with E-state index < -0.39 is 5.60 Å². The van der Waals surface area contributed by atoms with E-state index in [0.717, 1.165) is 6.42 Å². The van der Waals surface area contributed by atoms with Crippen LogP contribution in [0, 0.1) is 5.41 Å². The Morgan fingerprint density at radius 3 is 2.33 bits per heavy atom. The average molecular weight is 214 g/mol. The highest BCUT2D eigenvalue weighted by molar-refractivity contribution is 5.68. The molecule has 1 aliphatic rings. The van der Waals surface area contributed by atoms with E-state index in [2.05, 4.69) is 19.2 Å². The molecular formula is C11H22N2O2. The van der Waals surface area contributed by atoms with Crippen molar-refractivity contribution in [1.82, 2.24) is 5.32 Å². The maximum absolute atomic E-state index is 11.5. The van der Waals surface area contributed by atoms with Gasteiger partial charge in [0.25, 0.3) is 0 Å². The Labute approximate surface area is 91.5 Å². The summed E-state index contributed by atoms with van der Waals surface area (Å²) in [5.41, 5.74) is 5.38. The Bertz CT molecular complexity index is 256. The number of carbonyl (C=O) groups excluding carboxylic acids is 1. The van der Waals surface area contributed by atoms with Gasteiger partial charge in [0.15, 0.2) is 0 Å². The molecule has 1 rings (SSSR count). The Balaban J connectivity index is 2.41. The molecule has 1 aliphatic carbocycles. The first-order valence-electron chi connectivity index (χ1n) is 5.38. The second-order valence-electron chi connectivity index (χ2n) is 5.86. The van der Waals surface area contributed by atoms with Crippen molar-refractivity contribution >= 4 is 6.09 Å². The number of amides is 1. The van der Waals surface area contributed by atoms with Gasteiger partial charge < -0.3 is 15.8 Å². The molecule has 2 unspecified atom stereocenters. The zero-order chi connectivity index (χ0) is 11.9. The molecule has 3 N–H and O–H groups in total. The van der Waals surface area contributed by atoms with Gasteiger partial charge in [-0.05, 0) is 27.2 Å². The third-order valence-corrected chi connectivity index (χ3v) is 3.03. The lowest BCUT2D eigenvalue weighted by atomic mass is 9.63. The van der Waals surface area contributed by atoms with Crippen LogP contribution in [0.25, 0.3) is 0 Å². The summed E-state index contributed by atoms with van der Waals surface area (Å²) in [4.78, 5) is 11.5. The van der Waals surface area contributed by atoms with E-state index in [9.17, 15) is 4.79 Å². The van der Waals surface area contributed by atoms with Gasteiger partial charge in [0, 0.05) is 17.5 Å². The van der Waals surface area contributed by atoms with Crippen LogP contribution in [0.4, 0.5) is 4.79 Å². The van der Waals surface area contributed by atoms with E-state index in [1.165, 1.54) is 0 Å². The predicted octanol–water partition coefficient (Wildman–Crippen LogP) is 1.64. The molecule has 88 valence electrons. The van der Waals surface area contributed by atoms with Crippen LogP contribution in [0.5, 0.6) is 0 Å². The molecule has 0 saturated heterocycles. The van der Waals surface area contributed by atoms with Gasteiger partial charge in [-0.25, -0.2) is 4.79 Å². The van der Waals surface area contributed by atoms with Crippen LogP contribution in [-0.4, -0.2) is 23.8 Å². The normalized spacial score (nSPS) is 29.2. The van der Waals surface area contributed by atoms with E-state index in [1.54, 1.807) is 0 Å². The fourth-order valence-electron chi connectivity index (χ4n) is 1.65. The molecule has 2 atom stereocenters. The minimum Gasteiger partial charge on any atom is -0.444 e. The summed E-state index contributed by atoms with van der Waals surface area (Å²) in [6, 6.07) is 0.291. The van der Waals surface area contributed by atoms with Gasteiger partial charge in [-0.2, -0.15) is 0 Å². The molecular weight excluding hydrogens is 192 g/mol. The third kappa shape index (κ3) is 2.84. The van der Waals surface area contributed by atoms with Gasteiger partial charge in [-0.1, -0.05) is 13.8 Å². The summed E-state index contributed by atoms with van der Waals surface area (Å²) in [5.74, 6) is 0. The average Bonchev–Trinajstić information content (AvgIpc) is 2.00. The van der Waals surface area contributed by atoms with E-state index >= 15 is 0 Å². The lowest BCUT2D eigenvalue weighted by Crippen LogP contribution is -2.64. The molecule has 4 nitrogen and oxygen atoms in total. The van der Waals surface area contributed by atoms with Gasteiger partial charge in [-0.3, -0.25) is 0 Å². The zero-order valence-electron chi connectivity index (χ0n) is 10.3. The lowest BCUT2D eigenvalue weighted by Gasteiger charge is -2.50. The number of carbonyl (C=O) groups is 1. The fraction of sp³-hybridized carbons (Fsp3) is 0.909. The molecule has 0 radical (unpaired) electrons. The van der Waals surface area contributed by atoms with Crippen molar-refractivity contribution < 1.29 is 9.53 Å². The fourth-order valence-corrected chi connectivity index (χ4v) is 1.65. The first kappa shape index (κ1) is 12.3. The second-order valence-corrected chi connectivity index (χ2v) is 5.86. The molecule has 1 fully saturated rings. The van der Waals surface area contributed by atoms with Crippen LogP contribution in [0.15, 0.2) is 0 Å². The maximum Gasteiger partial charge on any atom is 0.407 e. The number of nitrogens with two attached hydrogens (primary N) is 1. The summed E-state index contributed by atoms with van der Waals surface area (Å²) >= 11 is 0. The summed E-state index contributed by atoms with van der Waals surface area (Å²) in [6.45, 7) is 9.67. The smallest absolute Gasteiger partial charge is 0.407 e. The van der Waals surface area contributed by atoms with Crippen LogP contribution in [0.2, 0.25) is 0 Å². The molecule has 0 heterocycles. The van der Waals surface area contributed by atoms with Crippen LogP contribution in [0.1, 0.15) is 41.0 Å². The van der Waals surface area contributed by atoms with E-state index in [1.807, 2.05) is 20.8 Å². The standard InChI is InChI=1S/C11H22N2O2/c1-10(2,3)15-9(14)13-8-6-7(12)11(8,4)5/h7-8H,6,12H2,1-5H3,(H,13,14). The molecule has 0 bridgehead atoms. The molecule has 1 saturated carbocycles. The minimum absolute atomic E-state index is 0.0308. The number of alkyl carbamates (subject to hydrolysis) is 1. The number of rotatable bonds is 1. The quantitative estimate of drug-likeness (QED) is 0.697. The van der Waals surface area contributed by atoms with Crippen LogP contribution >= 0.6 is 0 Å². The summed E-state index contributed by atoms with van der Waals surface area (Å²) in [7, 11) is 0. The van der Waals surface area contributed by atoms with Crippen LogP contribution < -0.4 is 11.1 Å². The van der Waals surface area contributed by atoms with E-state index in [0.29, 0.717) is 0 Å². The maximum atomic E-state index is 11.5. The zero-order valence-corrected chi connectivity index (χ0v) is 10.3. The van der Waals surface area contributed by atoms with Crippen molar-refractivity contribution in [2.45, 2.75) is 58.7 Å². The number of nitrogens with one attached hydrogen (secondary N) is 1. The van der Waals surface area contributed by atoms with E-state index in [-0.39, 0.29) is 23.6 Å². The van der Waals surface area contributed by atoms with Crippen molar-refractivity contribution in [3.8, 4) is 0 Å². The highest BCUT2D eigenvalue weighted by Crippen LogP contribution is 2.39. The molecule has 0 aromatic heterocycles. The van der Waals surface area contributed by atoms with Crippen molar-refractivity contribution in [3.05, 3.63) is 0 Å². The Morgan fingerprint density at radius 2 is 2.00 bits per heavy atom. The molecule has 15 heavy (non-hydrogen) atoms. The summed E-state index contributed by atoms with van der Waals surface area (Å²) < 4.78 is 5.18. The van der Waals surface area contributed by atoms with Crippen molar-refractivity contribution in [3.63, 3.8) is 0 Å². The molecule has 0 aliphatic heterocycles. The van der Waals surface area contributed by atoms with Gasteiger partial charge in [0.1, 0.15) is 5.60 Å². The Morgan fingerprint density at radius 1 is 1.47 bits per heavy atom. The van der Waals surface area contributed by atoms with Crippen molar-refractivity contribution in [2.75, 3.05) is 0 Å². The largest absolute Gasteiger partial charge is 0.444 e. The minimum atomic E-state index is -0.444. The molecule has 4 heteroatoms. The molecule has 0 aromatic carbocycles. The van der Waals surface area contributed by atoms with Crippen LogP contribution in [-0.2, 0) is 4.74 Å². The third-order valence-electron chi connectivity index (χ3n) is 3.03. The SMILES string of the molecule is CC(C)(C)OC(=O)NC1CC(N)C1(C)C. The van der Waals surface area contributed by atoms with Gasteiger partial charge >= 0.3 is 6.09 Å². The molecule has 0 spiro atoms. The lowest BCUT2D eigenvalue weighted by molar-refractivity contribution is 0.0256. The number of hydrogen-bond acceptors (Lipinski definition) is 3. The Kier molecular flexibility index (Phi) is 3.01. The summed E-state index contributed by atoms with van der Waals surface area (Å²) in [5, 5.41) is 2.85. The van der Waals surface area contributed by atoms with Crippen LogP contribution in [0.3, 0.4) is 0 Å². The van der Waals surface area contributed by atoms with Gasteiger partial charge in [0.05, 0.1) is 0 Å². The first-order chi connectivity index (χ1) is 6.63. The molecule has 0 aromatic rings. The highest BCUT2D eigenvalue weighted by Gasteiger charge is 2.47. The first-order valence-corrected chi connectivity index (χ1v) is 5.38. The van der Waals surface area contributed by atoms with Crippen molar-refractivity contribution in [1.29, 1.82) is 0 Å². The number of ether oxygens (including phenoxy) is 1. The number of hydrogen-bond donors (Lipinski definition) is 2. The summed E-state index contributed by atoms with van der Waals surface area (Å²) in [6.07, 6.45) is 0.471.